The van der Waals surface area contributed by atoms with Crippen LogP contribution in [0.2, 0.25) is 0 Å². The van der Waals surface area contributed by atoms with Crippen molar-refractivity contribution in [3.05, 3.63) is 51.9 Å². The van der Waals surface area contributed by atoms with E-state index in [2.05, 4.69) is 29.1 Å². The van der Waals surface area contributed by atoms with E-state index < -0.39 is 0 Å². The Kier molecular flexibility index (Phi) is 3.76. The van der Waals surface area contributed by atoms with E-state index in [1.807, 2.05) is 18.2 Å². The van der Waals surface area contributed by atoms with Gasteiger partial charge in [0, 0.05) is 11.9 Å². The predicted octanol–water partition coefficient (Wildman–Crippen LogP) is 4.10. The Hall–Kier alpha value is -1.78. The molecule has 0 aliphatic rings. The highest BCUT2D eigenvalue weighted by molar-refractivity contribution is 7.08. The Bertz CT molecular complexity index is 714. The van der Waals surface area contributed by atoms with Crippen LogP contribution >= 0.6 is 11.3 Å². The summed E-state index contributed by atoms with van der Waals surface area (Å²) >= 11 is 1.74. The fraction of sp³-hybridized carbons (Fsp3) is 0.250. The molecule has 0 aliphatic carbocycles. The fourth-order valence-corrected chi connectivity index (χ4v) is 3.08. The first-order chi connectivity index (χ1) is 9.78. The lowest BCUT2D eigenvalue weighted by molar-refractivity contribution is 0.406. The number of nitrogens with one attached hydrogen (secondary N) is 1. The van der Waals surface area contributed by atoms with Crippen molar-refractivity contribution in [2.24, 2.45) is 0 Å². The van der Waals surface area contributed by atoms with E-state index >= 15 is 0 Å². The molecular formula is C16H17NO2S. The van der Waals surface area contributed by atoms with Crippen LogP contribution < -0.4 is 10.1 Å². The van der Waals surface area contributed by atoms with Crippen molar-refractivity contribution < 1.29 is 9.15 Å². The summed E-state index contributed by atoms with van der Waals surface area (Å²) in [6.07, 6.45) is 0. The van der Waals surface area contributed by atoms with Gasteiger partial charge in [-0.1, -0.05) is 12.1 Å². The maximum absolute atomic E-state index is 5.85. The van der Waals surface area contributed by atoms with Gasteiger partial charge in [0.25, 0.3) is 0 Å². The molecule has 3 rings (SSSR count). The molecule has 1 N–H and O–H groups in total. The average Bonchev–Trinajstić information content (AvgIpc) is 3.04. The van der Waals surface area contributed by atoms with E-state index in [-0.39, 0.29) is 0 Å². The molecule has 0 saturated carbocycles. The number of ether oxygens (including phenoxy) is 1. The third kappa shape index (κ3) is 2.57. The van der Waals surface area contributed by atoms with Crippen LogP contribution in [-0.4, -0.2) is 7.11 Å². The van der Waals surface area contributed by atoms with E-state index in [4.69, 9.17) is 9.15 Å². The zero-order chi connectivity index (χ0) is 13.9. The smallest absolute Gasteiger partial charge is 0.176 e. The van der Waals surface area contributed by atoms with Crippen molar-refractivity contribution >= 4 is 22.3 Å². The van der Waals surface area contributed by atoms with Crippen LogP contribution in [0.5, 0.6) is 5.75 Å². The van der Waals surface area contributed by atoms with Crippen molar-refractivity contribution in [2.75, 3.05) is 7.11 Å². The number of fused-ring (bicyclic) bond motifs is 1. The number of hydrogen-bond donors (Lipinski definition) is 1. The van der Waals surface area contributed by atoms with E-state index in [1.165, 1.54) is 11.1 Å². The summed E-state index contributed by atoms with van der Waals surface area (Å²) in [5.74, 6) is 1.71. The second-order valence-electron chi connectivity index (χ2n) is 4.77. The summed E-state index contributed by atoms with van der Waals surface area (Å²) in [7, 11) is 1.66. The number of benzene rings is 1. The Morgan fingerprint density at radius 2 is 2.15 bits per heavy atom. The van der Waals surface area contributed by atoms with Crippen molar-refractivity contribution in [3.63, 3.8) is 0 Å². The van der Waals surface area contributed by atoms with Crippen LogP contribution in [0.1, 0.15) is 16.9 Å². The molecule has 0 saturated heterocycles. The standard InChI is InChI=1S/C16H17NO2S/c1-11-9-20-10-13(11)7-17-8-14-6-12-4-3-5-15(18-2)16(12)19-14/h3-6,9-10,17H,7-8H2,1-2H3. The van der Waals surface area contributed by atoms with Gasteiger partial charge in [-0.2, -0.15) is 11.3 Å². The quantitative estimate of drug-likeness (QED) is 0.767. The van der Waals surface area contributed by atoms with E-state index in [0.29, 0.717) is 6.54 Å². The average molecular weight is 287 g/mol. The highest BCUT2D eigenvalue weighted by atomic mass is 32.1. The maximum Gasteiger partial charge on any atom is 0.176 e. The van der Waals surface area contributed by atoms with Crippen LogP contribution in [0.4, 0.5) is 0 Å². The summed E-state index contributed by atoms with van der Waals surface area (Å²) in [5.41, 5.74) is 3.51. The molecule has 0 bridgehead atoms. The van der Waals surface area contributed by atoms with Crippen molar-refractivity contribution in [3.8, 4) is 5.75 Å². The summed E-state index contributed by atoms with van der Waals surface area (Å²) < 4.78 is 11.2. The van der Waals surface area contributed by atoms with Gasteiger partial charge in [-0.15, -0.1) is 0 Å². The number of para-hydroxylation sites is 1. The lowest BCUT2D eigenvalue weighted by Crippen LogP contribution is -2.12. The minimum Gasteiger partial charge on any atom is -0.493 e. The van der Waals surface area contributed by atoms with E-state index in [1.54, 1.807) is 18.4 Å². The Balaban J connectivity index is 1.70. The summed E-state index contributed by atoms with van der Waals surface area (Å²) in [4.78, 5) is 0. The van der Waals surface area contributed by atoms with Gasteiger partial charge in [0.2, 0.25) is 0 Å². The molecule has 2 aromatic heterocycles. The van der Waals surface area contributed by atoms with Crippen LogP contribution in [0, 0.1) is 6.92 Å². The van der Waals surface area contributed by atoms with Gasteiger partial charge in [-0.3, -0.25) is 0 Å². The maximum atomic E-state index is 5.85. The lowest BCUT2D eigenvalue weighted by atomic mass is 10.2. The zero-order valence-corrected chi connectivity index (χ0v) is 12.4. The molecule has 0 spiro atoms. The fourth-order valence-electron chi connectivity index (χ4n) is 2.23. The molecule has 3 aromatic rings. The van der Waals surface area contributed by atoms with Gasteiger partial charge in [0.15, 0.2) is 11.3 Å². The largest absolute Gasteiger partial charge is 0.493 e. The molecule has 20 heavy (non-hydrogen) atoms. The summed E-state index contributed by atoms with van der Waals surface area (Å²) in [6.45, 7) is 3.72. The second-order valence-corrected chi connectivity index (χ2v) is 5.52. The van der Waals surface area contributed by atoms with E-state index in [9.17, 15) is 0 Å². The molecule has 2 heterocycles. The van der Waals surface area contributed by atoms with Gasteiger partial charge in [0.1, 0.15) is 5.76 Å². The van der Waals surface area contributed by atoms with Crippen LogP contribution in [0.25, 0.3) is 11.0 Å². The molecule has 0 fully saturated rings. The molecule has 0 atom stereocenters. The summed E-state index contributed by atoms with van der Waals surface area (Å²) in [6, 6.07) is 7.99. The molecular weight excluding hydrogens is 270 g/mol. The van der Waals surface area contributed by atoms with Crippen molar-refractivity contribution in [2.45, 2.75) is 20.0 Å². The molecule has 4 heteroatoms. The van der Waals surface area contributed by atoms with Crippen LogP contribution in [-0.2, 0) is 13.1 Å². The van der Waals surface area contributed by atoms with Crippen LogP contribution in [0.15, 0.2) is 39.4 Å². The lowest BCUT2D eigenvalue weighted by Gasteiger charge is -2.02. The van der Waals surface area contributed by atoms with Crippen molar-refractivity contribution in [1.82, 2.24) is 5.32 Å². The molecule has 1 aromatic carbocycles. The van der Waals surface area contributed by atoms with Gasteiger partial charge in [-0.05, 0) is 40.9 Å². The first-order valence-electron chi connectivity index (χ1n) is 6.55. The topological polar surface area (TPSA) is 34.4 Å². The monoisotopic (exact) mass is 287 g/mol. The van der Waals surface area contributed by atoms with Gasteiger partial charge in [0.05, 0.1) is 13.7 Å². The highest BCUT2D eigenvalue weighted by Gasteiger charge is 2.08. The highest BCUT2D eigenvalue weighted by Crippen LogP contribution is 2.28. The first kappa shape index (κ1) is 13.2. The first-order valence-corrected chi connectivity index (χ1v) is 7.50. The molecule has 104 valence electrons. The Labute approximate surface area is 122 Å². The molecule has 0 unspecified atom stereocenters. The summed E-state index contributed by atoms with van der Waals surface area (Å²) in [5, 5.41) is 8.85. The Morgan fingerprint density at radius 3 is 2.90 bits per heavy atom. The predicted molar refractivity (Wildman–Crippen MR) is 82.4 cm³/mol. The zero-order valence-electron chi connectivity index (χ0n) is 11.6. The minimum atomic E-state index is 0.715. The minimum absolute atomic E-state index is 0.715. The van der Waals surface area contributed by atoms with Gasteiger partial charge in [-0.25, -0.2) is 0 Å². The van der Waals surface area contributed by atoms with Gasteiger partial charge >= 0.3 is 0 Å². The SMILES string of the molecule is COc1cccc2cc(CNCc3cscc3C)oc12. The number of methoxy groups -OCH3 is 1. The van der Waals surface area contributed by atoms with E-state index in [0.717, 1.165) is 29.0 Å². The number of hydrogen-bond acceptors (Lipinski definition) is 4. The van der Waals surface area contributed by atoms with Crippen LogP contribution in [0.3, 0.4) is 0 Å². The number of thiophene rings is 1. The molecule has 3 nitrogen and oxygen atoms in total. The normalized spacial score (nSPS) is 11.1. The third-order valence-corrected chi connectivity index (χ3v) is 4.27. The molecule has 0 amide bonds. The number of rotatable bonds is 5. The molecule has 0 radical (unpaired) electrons. The van der Waals surface area contributed by atoms with Gasteiger partial charge < -0.3 is 14.5 Å². The number of furan rings is 1. The number of aryl methyl sites for hydroxylation is 1. The third-order valence-electron chi connectivity index (χ3n) is 3.36. The second kappa shape index (κ2) is 5.69. The van der Waals surface area contributed by atoms with Crippen molar-refractivity contribution in [1.29, 1.82) is 0 Å². The molecule has 0 aliphatic heterocycles. The Morgan fingerprint density at radius 1 is 1.25 bits per heavy atom.